The van der Waals surface area contributed by atoms with E-state index >= 15 is 0 Å². The van der Waals surface area contributed by atoms with E-state index in [0.717, 1.165) is 122 Å². The van der Waals surface area contributed by atoms with Gasteiger partial charge in [-0.2, -0.15) is 21.0 Å². The largest absolute Gasteiger partial charge is 0.491 e. The third-order valence-electron chi connectivity index (χ3n) is 14.9. The van der Waals surface area contributed by atoms with Gasteiger partial charge in [0.05, 0.1) is 32.4 Å². The van der Waals surface area contributed by atoms with Crippen LogP contribution in [0.25, 0.3) is 74.4 Å². The molecule has 6 aromatic heterocycles. The van der Waals surface area contributed by atoms with Crippen molar-refractivity contribution in [3.63, 3.8) is 0 Å². The number of allylic oxidation sites excluding steroid dienone is 4. The molecule has 16 heteroatoms. The molecule has 0 spiro atoms. The molecule has 0 fully saturated rings. The van der Waals surface area contributed by atoms with E-state index in [0.29, 0.717) is 78.7 Å². The fraction of sp³-hybridized carbons (Fsp3) is 0.242. The number of hydrogen-bond donors (Lipinski definition) is 0. The molecular formula is C66H52N6O4S6. The molecule has 2 aliphatic rings. The number of benzene rings is 3. The molecule has 0 saturated carbocycles. The van der Waals surface area contributed by atoms with Crippen LogP contribution >= 0.6 is 68.0 Å². The van der Waals surface area contributed by atoms with Crippen molar-refractivity contribution < 1.29 is 19.1 Å². The summed E-state index contributed by atoms with van der Waals surface area (Å²) in [7, 11) is 0. The smallest absolute Gasteiger partial charge is 0.195 e. The van der Waals surface area contributed by atoms with Crippen molar-refractivity contribution in [1.82, 2.24) is 9.97 Å². The van der Waals surface area contributed by atoms with Crippen LogP contribution in [0.2, 0.25) is 0 Å². The summed E-state index contributed by atoms with van der Waals surface area (Å²) in [6.45, 7) is 10.1. The van der Waals surface area contributed by atoms with E-state index in [1.54, 1.807) is 81.7 Å². The molecule has 82 heavy (non-hydrogen) atoms. The Hall–Kier alpha value is -7.90. The summed E-state index contributed by atoms with van der Waals surface area (Å²) in [4.78, 5) is 41.5. The molecule has 2 unspecified atom stereocenters. The normalized spacial score (nSPS) is 15.4. The fourth-order valence-electron chi connectivity index (χ4n) is 10.6. The van der Waals surface area contributed by atoms with Crippen molar-refractivity contribution >= 4 is 134 Å². The number of unbranched alkanes of at least 4 members (excludes halogenated alkanes) is 2. The van der Waals surface area contributed by atoms with Crippen LogP contribution in [0.15, 0.2) is 108 Å². The van der Waals surface area contributed by atoms with Crippen molar-refractivity contribution in [2.45, 2.75) is 79.1 Å². The summed E-state index contributed by atoms with van der Waals surface area (Å²) in [6, 6.07) is 34.5. The summed E-state index contributed by atoms with van der Waals surface area (Å²) in [5, 5.41) is 43.3. The minimum absolute atomic E-state index is 0.0849. The summed E-state index contributed by atoms with van der Waals surface area (Å²) < 4.78 is 19.4. The van der Waals surface area contributed by atoms with E-state index in [2.05, 4.69) is 52.0 Å². The first-order valence-corrected chi connectivity index (χ1v) is 32.2. The molecule has 2 aliphatic carbocycles. The standard InChI is InChI=1S/C66H52N6O4S6/c1-5-9-15-37(7-3)35-75-61-49-27-53(65-71-33-43(79-65)25-41-21-23-51(77-41)57-55(39(29-67)30-68)45-17-11-13-19-47(45)59(57)73)82-64(49)62(76-36-38(8-4)16-10-6-2)50-28-54(81-63(50)61)66-72-34-44(80-66)26-42-22-24-52(78-42)58-56(40(31-69)32-70)46-18-12-14-20-48(46)60(58)74/h11-14,17-28,33-34,37-38H,5-10,15-16,35-36H2,1-4H3/b41-25-,42-26-,57-51-,58-52-. The molecule has 0 N–H and O–H groups in total. The molecular weight excluding hydrogens is 1130 g/mol. The van der Waals surface area contributed by atoms with Gasteiger partial charge in [-0.1, -0.05) is 115 Å². The van der Waals surface area contributed by atoms with Gasteiger partial charge in [-0.25, -0.2) is 9.97 Å². The number of thiophene rings is 4. The summed E-state index contributed by atoms with van der Waals surface area (Å²) in [5.74, 6) is 2.06. The molecule has 406 valence electrons. The van der Waals surface area contributed by atoms with Crippen LogP contribution in [-0.4, -0.2) is 34.7 Å². The van der Waals surface area contributed by atoms with Gasteiger partial charge in [0, 0.05) is 84.5 Å². The highest BCUT2D eigenvalue weighted by atomic mass is 32.1. The summed E-state index contributed by atoms with van der Waals surface area (Å²) in [5.41, 5.74) is 3.53. The molecule has 3 aromatic carbocycles. The molecule has 11 rings (SSSR count). The average molecular weight is 1190 g/mol. The van der Waals surface area contributed by atoms with Crippen molar-refractivity contribution in [3.05, 3.63) is 159 Å². The summed E-state index contributed by atoms with van der Waals surface area (Å²) in [6.07, 6.45) is 16.6. The summed E-state index contributed by atoms with van der Waals surface area (Å²) >= 11 is 9.38. The van der Waals surface area contributed by atoms with Crippen molar-refractivity contribution in [1.29, 1.82) is 21.0 Å². The monoisotopic (exact) mass is 1180 g/mol. The topological polar surface area (TPSA) is 174 Å². The van der Waals surface area contributed by atoms with Crippen LogP contribution in [0.3, 0.4) is 0 Å². The Labute approximate surface area is 498 Å². The van der Waals surface area contributed by atoms with Gasteiger partial charge in [0.1, 0.15) is 56.9 Å². The molecule has 0 aliphatic heterocycles. The van der Waals surface area contributed by atoms with Crippen molar-refractivity contribution in [3.8, 4) is 55.5 Å². The SMILES string of the molecule is CCCCC(CC)COc1c2cc(-c3ncc(/C=c4/cc/c(=C5/C(=O)c6ccccc6C5=C(C#N)C#N)s4)s3)sc2c(OCC(CC)CCCC)c2cc(-c3ncc(/C=c4/cc/c(=C5/C(=O)c6ccccc6C5=C(C#N)C#N)s4)s3)sc12. The third kappa shape index (κ3) is 10.8. The van der Waals surface area contributed by atoms with Crippen LogP contribution in [0.1, 0.15) is 121 Å². The number of fused-ring (bicyclic) bond motifs is 4. The number of Topliss-reactive ketones (excluding diaryl/α,β-unsaturated/α-hetero) is 2. The second kappa shape index (κ2) is 24.7. The number of hydrogen-bond acceptors (Lipinski definition) is 16. The predicted molar refractivity (Wildman–Crippen MR) is 336 cm³/mol. The Bertz CT molecular complexity index is 4180. The van der Waals surface area contributed by atoms with Gasteiger partial charge in [0.25, 0.3) is 0 Å². The van der Waals surface area contributed by atoms with Gasteiger partial charge in [0.15, 0.2) is 11.6 Å². The number of carbonyl (C=O) groups excluding carboxylic acids is 2. The predicted octanol–water partition coefficient (Wildman–Crippen LogP) is 15.0. The van der Waals surface area contributed by atoms with Gasteiger partial charge in [0.2, 0.25) is 0 Å². The lowest BCUT2D eigenvalue weighted by atomic mass is 10.00. The molecule has 10 nitrogen and oxygen atoms in total. The van der Waals surface area contributed by atoms with Crippen molar-refractivity contribution in [2.75, 3.05) is 13.2 Å². The highest BCUT2D eigenvalue weighted by Crippen LogP contribution is 2.53. The number of rotatable bonds is 18. The maximum atomic E-state index is 13.8. The highest BCUT2D eigenvalue weighted by Gasteiger charge is 2.35. The van der Waals surface area contributed by atoms with Gasteiger partial charge in [-0.05, 0) is 84.4 Å². The zero-order chi connectivity index (χ0) is 57.0. The Balaban J connectivity index is 0.991. The zero-order valence-corrected chi connectivity index (χ0v) is 50.3. The quantitative estimate of drug-likeness (QED) is 0.0752. The first-order chi connectivity index (χ1) is 40.1. The highest BCUT2D eigenvalue weighted by molar-refractivity contribution is 7.28. The Kier molecular flexibility index (Phi) is 16.8. The van der Waals surface area contributed by atoms with Gasteiger partial charge in [-0.15, -0.1) is 68.0 Å². The Morgan fingerprint density at radius 3 is 1.32 bits per heavy atom. The van der Waals surface area contributed by atoms with E-state index in [4.69, 9.17) is 19.4 Å². The van der Waals surface area contributed by atoms with Crippen LogP contribution in [0.4, 0.5) is 0 Å². The van der Waals surface area contributed by atoms with Gasteiger partial charge >= 0.3 is 0 Å². The maximum Gasteiger partial charge on any atom is 0.195 e. The number of nitrogens with zero attached hydrogens (tertiary/aromatic N) is 6. The lowest BCUT2D eigenvalue weighted by Crippen LogP contribution is -2.12. The Morgan fingerprint density at radius 2 is 0.939 bits per heavy atom. The first-order valence-electron chi connectivity index (χ1n) is 27.3. The van der Waals surface area contributed by atoms with Crippen LogP contribution in [-0.2, 0) is 0 Å². The minimum atomic E-state index is -0.196. The first kappa shape index (κ1) is 56.0. The van der Waals surface area contributed by atoms with E-state index in [9.17, 15) is 30.6 Å². The number of ketones is 2. The number of aromatic nitrogens is 2. The molecule has 2 atom stereocenters. The van der Waals surface area contributed by atoms with Crippen LogP contribution < -0.4 is 27.6 Å². The number of nitriles is 4. The second-order valence-corrected chi connectivity index (χ2v) is 26.6. The second-order valence-electron chi connectivity index (χ2n) is 20.1. The third-order valence-corrected chi connectivity index (χ3v) is 21.5. The van der Waals surface area contributed by atoms with Crippen molar-refractivity contribution in [2.24, 2.45) is 11.8 Å². The molecule has 0 saturated heterocycles. The van der Waals surface area contributed by atoms with Crippen LogP contribution in [0, 0.1) is 57.2 Å². The zero-order valence-electron chi connectivity index (χ0n) is 45.4. The van der Waals surface area contributed by atoms with Gasteiger partial charge < -0.3 is 9.47 Å². The average Bonchev–Trinajstić information content (AvgIpc) is 3.21. The van der Waals surface area contributed by atoms with Gasteiger partial charge in [-0.3, -0.25) is 9.59 Å². The molecule has 0 radical (unpaired) electrons. The molecule has 9 aromatic rings. The molecule has 0 amide bonds. The number of thiazole rings is 2. The molecule has 0 bridgehead atoms. The number of carbonyl (C=O) groups is 2. The fourth-order valence-corrected chi connectivity index (χ4v) is 16.9. The lowest BCUT2D eigenvalue weighted by Gasteiger charge is -2.19. The Morgan fingerprint density at radius 1 is 0.537 bits per heavy atom. The van der Waals surface area contributed by atoms with E-state index in [-0.39, 0.29) is 22.7 Å². The molecule has 6 heterocycles. The lowest BCUT2D eigenvalue weighted by molar-refractivity contribution is 0.105. The van der Waals surface area contributed by atoms with E-state index in [1.807, 2.05) is 73.1 Å². The van der Waals surface area contributed by atoms with E-state index in [1.165, 1.54) is 22.7 Å². The maximum absolute atomic E-state index is 13.8. The van der Waals surface area contributed by atoms with E-state index < -0.39 is 0 Å². The van der Waals surface area contributed by atoms with Crippen LogP contribution in [0.5, 0.6) is 11.5 Å². The minimum Gasteiger partial charge on any atom is -0.491 e. The number of ether oxygens (including phenoxy) is 2.